The van der Waals surface area contributed by atoms with Crippen LogP contribution in [0.5, 0.6) is 0 Å². The van der Waals surface area contributed by atoms with Gasteiger partial charge in [0.1, 0.15) is 5.65 Å². The van der Waals surface area contributed by atoms with Gasteiger partial charge in [0.25, 0.3) is 5.56 Å². The minimum atomic E-state index is -0.0582. The lowest BCUT2D eigenvalue weighted by Gasteiger charge is -2.13. The molecule has 3 aromatic heterocycles. The molecule has 3 aromatic rings. The number of pyridine rings is 1. The smallest absolute Gasteiger partial charge is 0.258 e. The van der Waals surface area contributed by atoms with Crippen LogP contribution in [-0.4, -0.2) is 25.2 Å². The molecule has 3 rings (SSSR count). The van der Waals surface area contributed by atoms with E-state index in [1.807, 2.05) is 35.1 Å². The Balaban J connectivity index is 1.69. The lowest BCUT2D eigenvalue weighted by atomic mass is 10.3. The first-order chi connectivity index (χ1) is 10.2. The molecule has 1 N–H and O–H groups in total. The summed E-state index contributed by atoms with van der Waals surface area (Å²) < 4.78 is 3.41. The van der Waals surface area contributed by atoms with Crippen LogP contribution in [0.3, 0.4) is 0 Å². The van der Waals surface area contributed by atoms with Crippen molar-refractivity contribution in [3.05, 3.63) is 65.0 Å². The number of nitrogens with zero attached hydrogens (tertiary/aromatic N) is 4. The van der Waals surface area contributed by atoms with E-state index in [9.17, 15) is 4.79 Å². The molecule has 0 radical (unpaired) electrons. The molecule has 0 aliphatic rings. The Hall–Kier alpha value is -2.47. The van der Waals surface area contributed by atoms with Crippen molar-refractivity contribution in [2.75, 3.05) is 0 Å². The first-order valence-corrected chi connectivity index (χ1v) is 6.90. The van der Waals surface area contributed by atoms with Crippen molar-refractivity contribution in [3.63, 3.8) is 0 Å². The summed E-state index contributed by atoms with van der Waals surface area (Å²) in [6.07, 6.45) is 5.42. The van der Waals surface area contributed by atoms with Crippen molar-refractivity contribution in [2.24, 2.45) is 0 Å². The second-order valence-corrected chi connectivity index (χ2v) is 5.02. The van der Waals surface area contributed by atoms with Crippen LogP contribution >= 0.6 is 0 Å². The second kappa shape index (κ2) is 5.88. The number of rotatable bonds is 5. The molecule has 6 heteroatoms. The summed E-state index contributed by atoms with van der Waals surface area (Å²) in [5.74, 6) is 0. The minimum Gasteiger partial charge on any atom is -0.307 e. The lowest BCUT2D eigenvalue weighted by molar-refractivity contribution is 0.448. The summed E-state index contributed by atoms with van der Waals surface area (Å²) in [6, 6.07) is 9.23. The Kier molecular flexibility index (Phi) is 3.79. The highest BCUT2D eigenvalue weighted by atomic mass is 16.1. The van der Waals surface area contributed by atoms with Crippen LogP contribution in [0.15, 0.2) is 53.7 Å². The first-order valence-electron chi connectivity index (χ1n) is 6.90. The molecule has 0 aliphatic carbocycles. The van der Waals surface area contributed by atoms with Crippen molar-refractivity contribution in [2.45, 2.75) is 26.1 Å². The van der Waals surface area contributed by atoms with Crippen LogP contribution in [0.2, 0.25) is 0 Å². The molecular weight excluding hydrogens is 266 g/mol. The minimum absolute atomic E-state index is 0.0582. The summed E-state index contributed by atoms with van der Waals surface area (Å²) in [5.41, 5.74) is 1.36. The fraction of sp³-hybridized carbons (Fsp3) is 0.267. The largest absolute Gasteiger partial charge is 0.307 e. The Morgan fingerprint density at radius 1 is 1.29 bits per heavy atom. The van der Waals surface area contributed by atoms with Gasteiger partial charge in [0.15, 0.2) is 0 Å². The van der Waals surface area contributed by atoms with Crippen molar-refractivity contribution >= 4 is 5.65 Å². The molecule has 108 valence electrons. The monoisotopic (exact) mass is 283 g/mol. The maximum Gasteiger partial charge on any atom is 0.258 e. The summed E-state index contributed by atoms with van der Waals surface area (Å²) in [4.78, 5) is 16.5. The van der Waals surface area contributed by atoms with E-state index in [1.165, 1.54) is 4.40 Å². The molecule has 0 fully saturated rings. The average molecular weight is 283 g/mol. The van der Waals surface area contributed by atoms with E-state index in [2.05, 4.69) is 22.3 Å². The summed E-state index contributed by atoms with van der Waals surface area (Å²) in [5, 5.41) is 7.53. The van der Waals surface area contributed by atoms with Crippen LogP contribution in [-0.2, 0) is 13.1 Å². The topological polar surface area (TPSA) is 64.2 Å². The number of fused-ring (bicyclic) bond motifs is 1. The molecule has 0 amide bonds. The number of nitrogens with one attached hydrogen (secondary N) is 1. The average Bonchev–Trinajstić information content (AvgIpc) is 2.98. The van der Waals surface area contributed by atoms with Gasteiger partial charge in [-0.2, -0.15) is 5.10 Å². The Labute approximate surface area is 122 Å². The molecule has 0 saturated carbocycles. The maximum absolute atomic E-state index is 12.0. The van der Waals surface area contributed by atoms with Crippen LogP contribution < -0.4 is 10.9 Å². The van der Waals surface area contributed by atoms with Gasteiger partial charge in [0.2, 0.25) is 0 Å². The zero-order chi connectivity index (χ0) is 14.7. The van der Waals surface area contributed by atoms with E-state index in [0.717, 1.165) is 12.2 Å². The SMILES string of the molecule is CC(Cn1cccn1)NCc1cc(=O)n2ccccc2n1. The summed E-state index contributed by atoms with van der Waals surface area (Å²) >= 11 is 0. The number of aromatic nitrogens is 4. The predicted molar refractivity (Wildman–Crippen MR) is 80.0 cm³/mol. The number of hydrogen-bond acceptors (Lipinski definition) is 4. The molecular formula is C15H17N5O. The molecule has 0 saturated heterocycles. The summed E-state index contributed by atoms with van der Waals surface area (Å²) in [6.45, 7) is 3.41. The highest BCUT2D eigenvalue weighted by Crippen LogP contribution is 1.99. The standard InChI is InChI=1S/C15H17N5O/c1-12(11-19-7-4-6-17-19)16-10-13-9-15(21)20-8-3-2-5-14(20)18-13/h2-9,12,16H,10-11H2,1H3. The van der Waals surface area contributed by atoms with Crippen molar-refractivity contribution in [3.8, 4) is 0 Å². The van der Waals surface area contributed by atoms with Crippen molar-refractivity contribution in [1.82, 2.24) is 24.5 Å². The van der Waals surface area contributed by atoms with E-state index < -0.39 is 0 Å². The van der Waals surface area contributed by atoms with Crippen LogP contribution in [0, 0.1) is 0 Å². The zero-order valence-corrected chi connectivity index (χ0v) is 11.8. The van der Waals surface area contributed by atoms with E-state index in [4.69, 9.17) is 0 Å². The fourth-order valence-corrected chi connectivity index (χ4v) is 2.23. The maximum atomic E-state index is 12.0. The normalized spacial score (nSPS) is 12.6. The van der Waals surface area contributed by atoms with Gasteiger partial charge in [-0.1, -0.05) is 6.07 Å². The summed E-state index contributed by atoms with van der Waals surface area (Å²) in [7, 11) is 0. The van der Waals surface area contributed by atoms with E-state index in [0.29, 0.717) is 12.2 Å². The molecule has 1 unspecified atom stereocenters. The Morgan fingerprint density at radius 3 is 3.00 bits per heavy atom. The Bertz CT molecular complexity index is 778. The molecule has 21 heavy (non-hydrogen) atoms. The van der Waals surface area contributed by atoms with Gasteiger partial charge in [-0.05, 0) is 25.1 Å². The zero-order valence-electron chi connectivity index (χ0n) is 11.8. The molecule has 0 spiro atoms. The van der Waals surface area contributed by atoms with Gasteiger partial charge in [-0.15, -0.1) is 0 Å². The second-order valence-electron chi connectivity index (χ2n) is 5.02. The first kappa shape index (κ1) is 13.5. The third-order valence-corrected chi connectivity index (χ3v) is 3.28. The fourth-order valence-electron chi connectivity index (χ4n) is 2.23. The molecule has 3 heterocycles. The lowest BCUT2D eigenvalue weighted by Crippen LogP contribution is -2.31. The van der Waals surface area contributed by atoms with E-state index >= 15 is 0 Å². The molecule has 1 atom stereocenters. The van der Waals surface area contributed by atoms with Gasteiger partial charge >= 0.3 is 0 Å². The Morgan fingerprint density at radius 2 is 2.19 bits per heavy atom. The van der Waals surface area contributed by atoms with Crippen LogP contribution in [0.4, 0.5) is 0 Å². The number of hydrogen-bond donors (Lipinski definition) is 1. The van der Waals surface area contributed by atoms with Crippen molar-refractivity contribution < 1.29 is 0 Å². The quantitative estimate of drug-likeness (QED) is 0.761. The van der Waals surface area contributed by atoms with Gasteiger partial charge in [0, 0.05) is 37.2 Å². The van der Waals surface area contributed by atoms with Gasteiger partial charge in [0.05, 0.1) is 12.2 Å². The van der Waals surface area contributed by atoms with E-state index in [-0.39, 0.29) is 11.6 Å². The van der Waals surface area contributed by atoms with Gasteiger partial charge < -0.3 is 5.32 Å². The van der Waals surface area contributed by atoms with Gasteiger partial charge in [-0.3, -0.25) is 13.9 Å². The molecule has 6 nitrogen and oxygen atoms in total. The predicted octanol–water partition coefficient (Wildman–Crippen LogP) is 1.07. The van der Waals surface area contributed by atoms with Crippen LogP contribution in [0.25, 0.3) is 5.65 Å². The third-order valence-electron chi connectivity index (χ3n) is 3.28. The van der Waals surface area contributed by atoms with E-state index in [1.54, 1.807) is 18.5 Å². The van der Waals surface area contributed by atoms with Crippen LogP contribution in [0.1, 0.15) is 12.6 Å². The highest BCUT2D eigenvalue weighted by Gasteiger charge is 2.05. The molecule has 0 bridgehead atoms. The highest BCUT2D eigenvalue weighted by molar-refractivity contribution is 5.37. The van der Waals surface area contributed by atoms with Crippen molar-refractivity contribution in [1.29, 1.82) is 0 Å². The van der Waals surface area contributed by atoms with Gasteiger partial charge in [-0.25, -0.2) is 4.98 Å². The molecule has 0 aliphatic heterocycles. The molecule has 0 aromatic carbocycles. The third kappa shape index (κ3) is 3.17.